The van der Waals surface area contributed by atoms with Gasteiger partial charge in [0.05, 0.1) is 31.5 Å². The minimum absolute atomic E-state index is 0.124. The molecule has 0 aliphatic heterocycles. The number of nitrogens with one attached hydrogen (secondary N) is 1. The van der Waals surface area contributed by atoms with E-state index in [0.29, 0.717) is 0 Å². The van der Waals surface area contributed by atoms with Gasteiger partial charge in [0.15, 0.2) is 0 Å². The predicted molar refractivity (Wildman–Crippen MR) is 80.6 cm³/mol. The number of carboxylic acids is 1. The summed E-state index contributed by atoms with van der Waals surface area (Å²) in [4.78, 5) is 34.1. The van der Waals surface area contributed by atoms with Crippen LogP contribution in [-0.4, -0.2) is 50.3 Å². The van der Waals surface area contributed by atoms with Crippen molar-refractivity contribution in [2.75, 3.05) is 26.1 Å². The first kappa shape index (κ1) is 19.9. The van der Waals surface area contributed by atoms with E-state index in [4.69, 9.17) is 9.84 Å². The lowest BCUT2D eigenvalue weighted by Gasteiger charge is -2.15. The highest BCUT2D eigenvalue weighted by Crippen LogP contribution is 2.28. The van der Waals surface area contributed by atoms with E-state index in [1.54, 1.807) is 0 Å². The molecule has 25 heavy (non-hydrogen) atoms. The average molecular weight is 359 g/mol. The highest BCUT2D eigenvalue weighted by molar-refractivity contribution is 5.99. The summed E-state index contributed by atoms with van der Waals surface area (Å²) in [5.41, 5.74) is -0.728. The Hall–Kier alpha value is -3.17. The molecule has 0 fully saturated rings. The lowest BCUT2D eigenvalue weighted by molar-refractivity contribution is -0.138. The minimum atomic E-state index is -2.77. The van der Waals surface area contributed by atoms with E-state index in [0.717, 1.165) is 38.5 Å². The molecule has 0 aromatic heterocycles. The Kier molecular flexibility index (Phi) is 7.32. The molecule has 0 aliphatic carbocycles. The number of hydrogen-bond acceptors (Lipinski definition) is 7. The van der Waals surface area contributed by atoms with Crippen LogP contribution >= 0.6 is 0 Å². The molecule has 1 aromatic carbocycles. The first-order chi connectivity index (χ1) is 11.8. The molecule has 2 N–H and O–H groups in total. The number of rotatable bonds is 8. The Balaban J connectivity index is 3.26. The standard InChI is InChI=1S/C15H15F2NO7/c1-23-13(19)6-10(15(22)24-2)18-9-5-8(14(20)21)3-4-11(9)25-7-12(16)17/h3-6,12,18H,7H2,1-2H3,(H,20,21)/b10-6+. The van der Waals surface area contributed by atoms with Gasteiger partial charge in [-0.2, -0.15) is 0 Å². The summed E-state index contributed by atoms with van der Waals surface area (Å²) in [5, 5.41) is 11.5. The zero-order valence-electron chi connectivity index (χ0n) is 13.2. The van der Waals surface area contributed by atoms with Crippen molar-refractivity contribution in [2.24, 2.45) is 0 Å². The summed E-state index contributed by atoms with van der Waals surface area (Å²) in [6.07, 6.45) is -2.01. The van der Waals surface area contributed by atoms with Gasteiger partial charge in [-0.25, -0.2) is 23.2 Å². The van der Waals surface area contributed by atoms with Crippen LogP contribution in [0.15, 0.2) is 30.0 Å². The number of carboxylic acid groups (broad SMARTS) is 1. The third kappa shape index (κ3) is 6.09. The third-order valence-corrected chi connectivity index (χ3v) is 2.73. The molecule has 0 spiro atoms. The molecule has 0 heterocycles. The van der Waals surface area contributed by atoms with Crippen molar-refractivity contribution >= 4 is 23.6 Å². The highest BCUT2D eigenvalue weighted by Gasteiger charge is 2.17. The second kappa shape index (κ2) is 9.21. The van der Waals surface area contributed by atoms with Crippen LogP contribution in [0.5, 0.6) is 5.75 Å². The molecule has 0 amide bonds. The largest absolute Gasteiger partial charge is 0.485 e. The summed E-state index contributed by atoms with van der Waals surface area (Å²) in [5.74, 6) is -3.30. The summed E-state index contributed by atoms with van der Waals surface area (Å²) in [7, 11) is 2.13. The van der Waals surface area contributed by atoms with Crippen molar-refractivity contribution in [1.29, 1.82) is 0 Å². The van der Waals surface area contributed by atoms with Gasteiger partial charge in [-0.15, -0.1) is 0 Å². The summed E-state index contributed by atoms with van der Waals surface area (Å²) < 4.78 is 38.4. The topological polar surface area (TPSA) is 111 Å². The molecule has 1 aromatic rings. The quantitative estimate of drug-likeness (QED) is 0.533. The van der Waals surface area contributed by atoms with Gasteiger partial charge in [0.1, 0.15) is 18.1 Å². The molecule has 8 nitrogen and oxygen atoms in total. The van der Waals surface area contributed by atoms with Crippen LogP contribution in [0.3, 0.4) is 0 Å². The van der Waals surface area contributed by atoms with Gasteiger partial charge in [-0.3, -0.25) is 0 Å². The van der Waals surface area contributed by atoms with Gasteiger partial charge in [-0.1, -0.05) is 0 Å². The zero-order chi connectivity index (χ0) is 19.0. The number of esters is 2. The van der Waals surface area contributed by atoms with E-state index < -0.39 is 36.6 Å². The highest BCUT2D eigenvalue weighted by atomic mass is 19.3. The number of benzene rings is 1. The number of anilines is 1. The Bertz CT molecular complexity index is 688. The van der Waals surface area contributed by atoms with E-state index in [1.807, 2.05) is 0 Å². The van der Waals surface area contributed by atoms with E-state index in [2.05, 4.69) is 14.8 Å². The van der Waals surface area contributed by atoms with E-state index in [-0.39, 0.29) is 17.0 Å². The summed E-state index contributed by atoms with van der Waals surface area (Å²) in [6, 6.07) is 3.33. The van der Waals surface area contributed by atoms with Crippen LogP contribution < -0.4 is 10.1 Å². The maximum Gasteiger partial charge on any atom is 0.354 e. The van der Waals surface area contributed by atoms with Crippen molar-refractivity contribution in [3.05, 3.63) is 35.5 Å². The van der Waals surface area contributed by atoms with E-state index in [1.165, 1.54) is 0 Å². The second-order valence-corrected chi connectivity index (χ2v) is 4.42. The molecule has 10 heteroatoms. The monoisotopic (exact) mass is 359 g/mol. The number of ether oxygens (including phenoxy) is 3. The third-order valence-electron chi connectivity index (χ3n) is 2.73. The number of halogens is 2. The van der Waals surface area contributed by atoms with Gasteiger partial charge in [0, 0.05) is 0 Å². The number of aromatic carboxylic acids is 1. The number of methoxy groups -OCH3 is 2. The normalized spacial score (nSPS) is 11.0. The maximum atomic E-state index is 12.3. The Morgan fingerprint density at radius 3 is 2.44 bits per heavy atom. The summed E-state index contributed by atoms with van der Waals surface area (Å²) >= 11 is 0. The average Bonchev–Trinajstić information content (AvgIpc) is 2.58. The lowest BCUT2D eigenvalue weighted by atomic mass is 10.1. The van der Waals surface area contributed by atoms with Crippen LogP contribution in [0.2, 0.25) is 0 Å². The molecule has 0 radical (unpaired) electrons. The Labute approximate surface area is 141 Å². The second-order valence-electron chi connectivity index (χ2n) is 4.42. The fraction of sp³-hybridized carbons (Fsp3) is 0.267. The number of hydrogen-bond donors (Lipinski definition) is 2. The van der Waals surface area contributed by atoms with Crippen molar-refractivity contribution in [1.82, 2.24) is 0 Å². The summed E-state index contributed by atoms with van der Waals surface area (Å²) in [6.45, 7) is -0.949. The molecule has 0 aliphatic rings. The molecule has 136 valence electrons. The first-order valence-corrected chi connectivity index (χ1v) is 6.71. The smallest absolute Gasteiger partial charge is 0.354 e. The maximum absolute atomic E-state index is 12.3. The van der Waals surface area contributed by atoms with Gasteiger partial charge < -0.3 is 24.6 Å². The van der Waals surface area contributed by atoms with Crippen molar-refractivity contribution < 1.29 is 42.5 Å². The van der Waals surface area contributed by atoms with Gasteiger partial charge in [0.25, 0.3) is 6.43 Å². The number of alkyl halides is 2. The lowest BCUT2D eigenvalue weighted by Crippen LogP contribution is -2.17. The van der Waals surface area contributed by atoms with E-state index in [9.17, 15) is 23.2 Å². The van der Waals surface area contributed by atoms with Gasteiger partial charge in [-0.05, 0) is 18.2 Å². The molecule has 1 rings (SSSR count). The van der Waals surface area contributed by atoms with Crippen LogP contribution in [0.4, 0.5) is 14.5 Å². The number of carbonyl (C=O) groups excluding carboxylic acids is 2. The van der Waals surface area contributed by atoms with Crippen molar-refractivity contribution in [2.45, 2.75) is 6.43 Å². The molecule has 0 saturated carbocycles. The van der Waals surface area contributed by atoms with Gasteiger partial charge in [0.2, 0.25) is 0 Å². The van der Waals surface area contributed by atoms with Crippen molar-refractivity contribution in [3.63, 3.8) is 0 Å². The SMILES string of the molecule is COC(=O)/C=C(/Nc1cc(C(=O)O)ccc1OCC(F)F)C(=O)OC. The number of carbonyl (C=O) groups is 3. The van der Waals surface area contributed by atoms with Gasteiger partial charge >= 0.3 is 17.9 Å². The van der Waals surface area contributed by atoms with Crippen LogP contribution in [-0.2, 0) is 19.1 Å². The molecule has 0 bridgehead atoms. The molecule has 0 unspecified atom stereocenters. The predicted octanol–water partition coefficient (Wildman–Crippen LogP) is 1.67. The van der Waals surface area contributed by atoms with Crippen LogP contribution in [0.1, 0.15) is 10.4 Å². The fourth-order valence-corrected chi connectivity index (χ4v) is 1.62. The van der Waals surface area contributed by atoms with Crippen molar-refractivity contribution in [3.8, 4) is 5.75 Å². The Morgan fingerprint density at radius 1 is 1.24 bits per heavy atom. The molecular formula is C15H15F2NO7. The molecule has 0 saturated heterocycles. The van der Waals surface area contributed by atoms with Crippen LogP contribution in [0.25, 0.3) is 0 Å². The Morgan fingerprint density at radius 2 is 1.92 bits per heavy atom. The molecular weight excluding hydrogens is 344 g/mol. The van der Waals surface area contributed by atoms with Crippen LogP contribution in [0, 0.1) is 0 Å². The van der Waals surface area contributed by atoms with E-state index >= 15 is 0 Å². The molecule has 0 atom stereocenters. The fourth-order valence-electron chi connectivity index (χ4n) is 1.62. The minimum Gasteiger partial charge on any atom is -0.485 e. The first-order valence-electron chi connectivity index (χ1n) is 6.71. The zero-order valence-corrected chi connectivity index (χ0v) is 13.2.